The van der Waals surface area contributed by atoms with Gasteiger partial charge in [0, 0.05) is 13.0 Å². The van der Waals surface area contributed by atoms with Crippen molar-refractivity contribution in [2.75, 3.05) is 6.61 Å². The van der Waals surface area contributed by atoms with Crippen molar-refractivity contribution in [3.05, 3.63) is 58.1 Å². The van der Waals surface area contributed by atoms with Crippen LogP contribution in [0.25, 0.3) is 0 Å². The van der Waals surface area contributed by atoms with Crippen LogP contribution < -0.4 is 4.74 Å². The number of carbonyl (C=O) groups is 1. The minimum absolute atomic E-state index is 0.115. The molecule has 0 fully saturated rings. The van der Waals surface area contributed by atoms with Gasteiger partial charge in [0.25, 0.3) is 5.91 Å². The lowest BCUT2D eigenvalue weighted by atomic mass is 10.1. The zero-order valence-electron chi connectivity index (χ0n) is 14.3. The van der Waals surface area contributed by atoms with E-state index in [0.717, 1.165) is 12.5 Å². The maximum Gasteiger partial charge on any atom is 0.458 e. The van der Waals surface area contributed by atoms with E-state index in [1.54, 1.807) is 24.3 Å². The van der Waals surface area contributed by atoms with Crippen molar-refractivity contribution >= 4 is 36.9 Å². The Bertz CT molecular complexity index is 863. The SMILES string of the molecule is CC(=O)N(O)P(=O)(O)OCCCc1cccc(Oc2ccc(Cl)c(Cl)c2)c1. The van der Waals surface area contributed by atoms with Gasteiger partial charge in [0.2, 0.25) is 0 Å². The molecule has 2 N–H and O–H groups in total. The lowest BCUT2D eigenvalue weighted by Gasteiger charge is -2.18. The quantitative estimate of drug-likeness (QED) is 0.261. The van der Waals surface area contributed by atoms with Crippen LogP contribution in [-0.4, -0.2) is 27.4 Å². The third-order valence-corrected chi connectivity index (χ3v) is 5.43. The average Bonchev–Trinajstić information content (AvgIpc) is 2.61. The molecule has 0 radical (unpaired) electrons. The van der Waals surface area contributed by atoms with E-state index in [1.165, 1.54) is 0 Å². The molecule has 1 atom stereocenters. The number of nitrogens with zero attached hydrogens (tertiary/aromatic N) is 1. The van der Waals surface area contributed by atoms with E-state index in [2.05, 4.69) is 0 Å². The second kappa shape index (κ2) is 9.55. The molecule has 0 bridgehead atoms. The van der Waals surface area contributed by atoms with Crippen molar-refractivity contribution in [2.45, 2.75) is 19.8 Å². The number of rotatable bonds is 8. The summed E-state index contributed by atoms with van der Waals surface area (Å²) in [5.41, 5.74) is 0.913. The first-order valence-corrected chi connectivity index (χ1v) is 10.2. The van der Waals surface area contributed by atoms with Gasteiger partial charge >= 0.3 is 7.75 Å². The van der Waals surface area contributed by atoms with Crippen molar-refractivity contribution in [3.63, 3.8) is 0 Å². The van der Waals surface area contributed by atoms with E-state index in [1.807, 2.05) is 18.2 Å². The van der Waals surface area contributed by atoms with Gasteiger partial charge in [0.15, 0.2) is 0 Å². The van der Waals surface area contributed by atoms with Crippen molar-refractivity contribution in [2.24, 2.45) is 0 Å². The number of aryl methyl sites for hydroxylation is 1. The molecule has 0 aromatic heterocycles. The minimum Gasteiger partial charge on any atom is -0.457 e. The molecule has 0 aliphatic rings. The van der Waals surface area contributed by atoms with Crippen LogP contribution in [-0.2, 0) is 20.3 Å². The van der Waals surface area contributed by atoms with E-state index in [0.29, 0.717) is 34.4 Å². The first kappa shape index (κ1) is 21.7. The number of halogens is 2. The molecule has 27 heavy (non-hydrogen) atoms. The van der Waals surface area contributed by atoms with Gasteiger partial charge in [-0.1, -0.05) is 35.3 Å². The molecule has 0 aliphatic heterocycles. The Labute approximate surface area is 166 Å². The van der Waals surface area contributed by atoms with E-state index < -0.39 is 13.7 Å². The summed E-state index contributed by atoms with van der Waals surface area (Å²) >= 11 is 11.8. The smallest absolute Gasteiger partial charge is 0.457 e. The van der Waals surface area contributed by atoms with Gasteiger partial charge in [-0.05, 0) is 42.7 Å². The van der Waals surface area contributed by atoms with Gasteiger partial charge < -0.3 is 9.63 Å². The molecule has 1 amide bonds. The molecule has 2 aromatic carbocycles. The number of benzene rings is 2. The molecule has 0 spiro atoms. The molecule has 2 aromatic rings. The molecule has 1 unspecified atom stereocenters. The van der Waals surface area contributed by atoms with E-state index in [9.17, 15) is 19.5 Å². The third kappa shape index (κ3) is 6.50. The van der Waals surface area contributed by atoms with Crippen LogP contribution in [0.3, 0.4) is 0 Å². The van der Waals surface area contributed by atoms with Gasteiger partial charge in [0.1, 0.15) is 11.5 Å². The Hall–Kier alpha value is -1.60. The Balaban J connectivity index is 1.89. The van der Waals surface area contributed by atoms with E-state index in [-0.39, 0.29) is 11.4 Å². The zero-order chi connectivity index (χ0) is 20.0. The second-order valence-electron chi connectivity index (χ2n) is 5.56. The zero-order valence-corrected chi connectivity index (χ0v) is 16.7. The van der Waals surface area contributed by atoms with Crippen LogP contribution >= 0.6 is 30.9 Å². The van der Waals surface area contributed by atoms with E-state index >= 15 is 0 Å². The summed E-state index contributed by atoms with van der Waals surface area (Å²) in [6.45, 7) is 0.835. The number of ether oxygens (including phenoxy) is 1. The number of hydrogen-bond acceptors (Lipinski definition) is 5. The van der Waals surface area contributed by atoms with Crippen LogP contribution in [0.5, 0.6) is 11.5 Å². The molecule has 146 valence electrons. The Morgan fingerprint density at radius 2 is 1.85 bits per heavy atom. The summed E-state index contributed by atoms with van der Waals surface area (Å²) in [7, 11) is -4.53. The maximum absolute atomic E-state index is 11.6. The van der Waals surface area contributed by atoms with Crippen LogP contribution in [0, 0.1) is 0 Å². The van der Waals surface area contributed by atoms with Crippen molar-refractivity contribution in [1.82, 2.24) is 4.83 Å². The Kier molecular flexibility index (Phi) is 7.68. The normalized spacial score (nSPS) is 13.1. The summed E-state index contributed by atoms with van der Waals surface area (Å²) in [4.78, 5) is 20.1. The molecule has 0 aliphatic carbocycles. The fourth-order valence-electron chi connectivity index (χ4n) is 2.13. The summed E-state index contributed by atoms with van der Waals surface area (Å²) in [6, 6.07) is 12.2. The number of hydrogen-bond donors (Lipinski definition) is 2. The maximum atomic E-state index is 11.6. The van der Waals surface area contributed by atoms with Gasteiger partial charge in [-0.25, -0.2) is 4.57 Å². The van der Waals surface area contributed by atoms with Crippen LogP contribution in [0.15, 0.2) is 42.5 Å². The molecule has 0 saturated heterocycles. The molecular formula is C17H18Cl2NO6P. The van der Waals surface area contributed by atoms with Gasteiger partial charge in [-0.2, -0.15) is 0 Å². The highest BCUT2D eigenvalue weighted by Crippen LogP contribution is 2.45. The lowest BCUT2D eigenvalue weighted by Crippen LogP contribution is -2.22. The number of carbonyl (C=O) groups excluding carboxylic acids is 1. The molecule has 0 heterocycles. The Morgan fingerprint density at radius 1 is 1.15 bits per heavy atom. The van der Waals surface area contributed by atoms with Gasteiger partial charge in [-0.15, -0.1) is 4.83 Å². The molecule has 10 heteroatoms. The Morgan fingerprint density at radius 3 is 2.52 bits per heavy atom. The fourth-order valence-corrected chi connectivity index (χ4v) is 3.25. The summed E-state index contributed by atoms with van der Waals surface area (Å²) < 4.78 is 22.1. The summed E-state index contributed by atoms with van der Waals surface area (Å²) in [5, 5.41) is 10.0. The molecule has 0 saturated carbocycles. The largest absolute Gasteiger partial charge is 0.458 e. The third-order valence-electron chi connectivity index (χ3n) is 3.42. The van der Waals surface area contributed by atoms with Crippen LogP contribution in [0.1, 0.15) is 18.9 Å². The first-order valence-electron chi connectivity index (χ1n) is 7.88. The van der Waals surface area contributed by atoms with Gasteiger partial charge in [-0.3, -0.25) is 14.5 Å². The fraction of sp³-hybridized carbons (Fsp3) is 0.235. The highest BCUT2D eigenvalue weighted by atomic mass is 35.5. The second-order valence-corrected chi connectivity index (χ2v) is 7.99. The number of hydroxylamine groups is 1. The highest BCUT2D eigenvalue weighted by molar-refractivity contribution is 7.50. The van der Waals surface area contributed by atoms with Crippen molar-refractivity contribution in [1.29, 1.82) is 0 Å². The van der Waals surface area contributed by atoms with E-state index in [4.69, 9.17) is 32.5 Å². The van der Waals surface area contributed by atoms with Crippen LogP contribution in [0.4, 0.5) is 0 Å². The topological polar surface area (TPSA) is 96.3 Å². The van der Waals surface area contributed by atoms with Crippen LogP contribution in [0.2, 0.25) is 10.0 Å². The molecule has 2 rings (SSSR count). The predicted octanol–water partition coefficient (Wildman–Crippen LogP) is 5.07. The van der Waals surface area contributed by atoms with Gasteiger partial charge in [0.05, 0.1) is 16.7 Å². The van der Waals surface area contributed by atoms with Crippen molar-refractivity contribution in [3.8, 4) is 11.5 Å². The predicted molar refractivity (Wildman–Crippen MR) is 101 cm³/mol. The highest BCUT2D eigenvalue weighted by Gasteiger charge is 2.30. The first-order chi connectivity index (χ1) is 12.7. The lowest BCUT2D eigenvalue weighted by molar-refractivity contribution is -0.147. The van der Waals surface area contributed by atoms with Crippen molar-refractivity contribution < 1.29 is 28.7 Å². The number of amides is 1. The monoisotopic (exact) mass is 433 g/mol. The summed E-state index contributed by atoms with van der Waals surface area (Å²) in [6.07, 6.45) is 0.927. The average molecular weight is 434 g/mol. The molecular weight excluding hydrogens is 416 g/mol. The standard InChI is InChI=1S/C17H18Cl2NO6P/c1-12(21)20(22)27(23,24)25-9-3-5-13-4-2-6-14(10-13)26-15-7-8-16(18)17(19)11-15/h2,4,6-8,10-11,22H,3,5,9H2,1H3,(H,23,24). The minimum atomic E-state index is -4.53. The summed E-state index contributed by atoms with van der Waals surface area (Å²) in [5.74, 6) is 0.157. The molecule has 7 nitrogen and oxygen atoms in total.